The van der Waals surface area contributed by atoms with E-state index in [1.54, 1.807) is 37.4 Å². The number of carbonyl (C=O) groups is 2. The average Bonchev–Trinajstić information content (AvgIpc) is 3.49. The second kappa shape index (κ2) is 14.1. The van der Waals surface area contributed by atoms with Gasteiger partial charge in [-0.2, -0.15) is 0 Å². The van der Waals surface area contributed by atoms with E-state index in [9.17, 15) is 18.0 Å². The van der Waals surface area contributed by atoms with E-state index in [-0.39, 0.29) is 23.4 Å². The Morgan fingerprint density at radius 1 is 1.02 bits per heavy atom. The Morgan fingerprint density at radius 2 is 1.69 bits per heavy atom. The molecule has 1 fully saturated rings. The fraction of sp³-hybridized carbons (Fsp3) is 0.375. The molecule has 1 saturated carbocycles. The molecule has 3 aromatic rings. The Labute approximate surface area is 253 Å². The van der Waals surface area contributed by atoms with Crippen LogP contribution in [-0.4, -0.2) is 50.9 Å². The molecule has 8 nitrogen and oxygen atoms in total. The molecule has 0 heterocycles. The van der Waals surface area contributed by atoms with Gasteiger partial charge in [-0.1, -0.05) is 61.2 Å². The molecule has 0 aliphatic heterocycles. The van der Waals surface area contributed by atoms with Gasteiger partial charge in [-0.15, -0.1) is 0 Å². The number of aryl methyl sites for hydroxylation is 1. The lowest BCUT2D eigenvalue weighted by atomic mass is 10.1. The number of hydrogen-bond acceptors (Lipinski definition) is 5. The van der Waals surface area contributed by atoms with Gasteiger partial charge in [0.1, 0.15) is 18.3 Å². The monoisotopic (exact) mass is 611 g/mol. The topological polar surface area (TPSA) is 96.0 Å². The van der Waals surface area contributed by atoms with E-state index in [4.69, 9.17) is 16.3 Å². The molecule has 3 aromatic carbocycles. The minimum atomic E-state index is -4.16. The van der Waals surface area contributed by atoms with Gasteiger partial charge in [-0.25, -0.2) is 8.42 Å². The van der Waals surface area contributed by atoms with Crippen LogP contribution in [0.25, 0.3) is 0 Å². The fourth-order valence-corrected chi connectivity index (χ4v) is 6.77. The maximum atomic E-state index is 14.2. The van der Waals surface area contributed by atoms with E-state index in [1.165, 1.54) is 29.2 Å². The normalized spacial score (nSPS) is 14.3. The van der Waals surface area contributed by atoms with Gasteiger partial charge in [0.15, 0.2) is 0 Å². The smallest absolute Gasteiger partial charge is 0.264 e. The van der Waals surface area contributed by atoms with Gasteiger partial charge in [0.05, 0.1) is 17.7 Å². The highest BCUT2D eigenvalue weighted by Crippen LogP contribution is 2.27. The third kappa shape index (κ3) is 7.63. The summed E-state index contributed by atoms with van der Waals surface area (Å²) in [6.45, 7) is 3.37. The zero-order valence-corrected chi connectivity index (χ0v) is 25.8. The number of nitrogens with one attached hydrogen (secondary N) is 1. The van der Waals surface area contributed by atoms with Gasteiger partial charge in [0, 0.05) is 17.6 Å². The van der Waals surface area contributed by atoms with Crippen molar-refractivity contribution in [3.8, 4) is 5.75 Å². The molecule has 0 spiro atoms. The predicted octanol–water partition coefficient (Wildman–Crippen LogP) is 5.72. The Balaban J connectivity index is 1.71. The molecular weight excluding hydrogens is 574 g/mol. The van der Waals surface area contributed by atoms with E-state index in [0.29, 0.717) is 22.9 Å². The van der Waals surface area contributed by atoms with Gasteiger partial charge >= 0.3 is 0 Å². The van der Waals surface area contributed by atoms with Crippen molar-refractivity contribution >= 4 is 39.1 Å². The van der Waals surface area contributed by atoms with Crippen LogP contribution in [0, 0.1) is 6.92 Å². The molecule has 0 aromatic heterocycles. The molecule has 0 saturated heterocycles. The molecule has 1 aliphatic rings. The molecular formula is C32H38ClN3O5S. The number of halogens is 1. The summed E-state index contributed by atoms with van der Waals surface area (Å²) in [7, 11) is -2.60. The standard InChI is InChI=1S/C32H38ClN3O5S/c1-4-30(32(38)34-26-9-5-6-10-26)35(21-24-8-7-11-28(20-24)41-3)31(37)22-36(27-16-12-23(2)13-17-27)42(39,40)29-18-14-25(33)15-19-29/h7-8,11-20,26,30H,4-6,9-10,21-22H2,1-3H3,(H,34,38). The van der Waals surface area contributed by atoms with E-state index < -0.39 is 28.5 Å². The first-order chi connectivity index (χ1) is 20.1. The molecule has 4 rings (SSSR count). The van der Waals surface area contributed by atoms with Crippen molar-refractivity contribution in [3.63, 3.8) is 0 Å². The third-order valence-corrected chi connectivity index (χ3v) is 9.62. The number of hydrogen-bond donors (Lipinski definition) is 1. The molecule has 1 atom stereocenters. The van der Waals surface area contributed by atoms with Crippen LogP contribution < -0.4 is 14.4 Å². The number of sulfonamides is 1. The van der Waals surface area contributed by atoms with E-state index in [0.717, 1.165) is 41.1 Å². The maximum Gasteiger partial charge on any atom is 0.264 e. The maximum absolute atomic E-state index is 14.2. The lowest BCUT2D eigenvalue weighted by Crippen LogP contribution is -2.53. The molecule has 1 aliphatic carbocycles. The number of methoxy groups -OCH3 is 1. The number of anilines is 1. The van der Waals surface area contributed by atoms with Crippen LogP contribution in [0.4, 0.5) is 5.69 Å². The Morgan fingerprint density at radius 3 is 2.31 bits per heavy atom. The highest BCUT2D eigenvalue weighted by molar-refractivity contribution is 7.92. The van der Waals surface area contributed by atoms with Crippen molar-refractivity contribution in [2.24, 2.45) is 0 Å². The summed E-state index contributed by atoms with van der Waals surface area (Å²) in [6.07, 6.45) is 4.30. The zero-order valence-electron chi connectivity index (χ0n) is 24.3. The second-order valence-corrected chi connectivity index (χ2v) is 12.9. The predicted molar refractivity (Wildman–Crippen MR) is 165 cm³/mol. The van der Waals surface area contributed by atoms with Gasteiger partial charge < -0.3 is 15.0 Å². The molecule has 0 radical (unpaired) electrons. The van der Waals surface area contributed by atoms with Crippen LogP contribution in [0.3, 0.4) is 0 Å². The highest BCUT2D eigenvalue weighted by atomic mass is 35.5. The highest BCUT2D eigenvalue weighted by Gasteiger charge is 2.34. The number of amides is 2. The van der Waals surface area contributed by atoms with E-state index in [1.807, 2.05) is 32.0 Å². The van der Waals surface area contributed by atoms with Crippen molar-refractivity contribution in [2.45, 2.75) is 69.5 Å². The molecule has 1 unspecified atom stereocenters. The number of carbonyl (C=O) groups excluding carboxylic acids is 2. The van der Waals surface area contributed by atoms with Crippen LogP contribution in [-0.2, 0) is 26.2 Å². The first kappa shape index (κ1) is 31.4. The largest absolute Gasteiger partial charge is 0.497 e. The van der Waals surface area contributed by atoms with E-state index >= 15 is 0 Å². The number of nitrogens with zero attached hydrogens (tertiary/aromatic N) is 2. The van der Waals surface area contributed by atoms with E-state index in [2.05, 4.69) is 5.32 Å². The van der Waals surface area contributed by atoms with Gasteiger partial charge in [-0.3, -0.25) is 13.9 Å². The first-order valence-corrected chi connectivity index (χ1v) is 16.0. The summed E-state index contributed by atoms with van der Waals surface area (Å²) in [4.78, 5) is 29.3. The van der Waals surface area contributed by atoms with Crippen molar-refractivity contribution in [1.29, 1.82) is 0 Å². The number of rotatable bonds is 12. The number of benzene rings is 3. The van der Waals surface area contributed by atoms with Crippen molar-refractivity contribution < 1.29 is 22.7 Å². The lowest BCUT2D eigenvalue weighted by Gasteiger charge is -2.34. The van der Waals surface area contributed by atoms with Gasteiger partial charge in [-0.05, 0) is 80.3 Å². The van der Waals surface area contributed by atoms with Gasteiger partial charge in [0.2, 0.25) is 11.8 Å². The summed E-state index contributed by atoms with van der Waals surface area (Å²) in [6, 6.07) is 19.3. The third-order valence-electron chi connectivity index (χ3n) is 7.58. The van der Waals surface area contributed by atoms with Gasteiger partial charge in [0.25, 0.3) is 10.0 Å². The van der Waals surface area contributed by atoms with Crippen LogP contribution in [0.5, 0.6) is 5.75 Å². The quantitative estimate of drug-likeness (QED) is 0.283. The zero-order chi connectivity index (χ0) is 30.3. The summed E-state index contributed by atoms with van der Waals surface area (Å²) in [5.74, 6) is -0.109. The summed E-state index contributed by atoms with van der Waals surface area (Å²) < 4.78 is 34.4. The Bertz CT molecular complexity index is 1470. The molecule has 42 heavy (non-hydrogen) atoms. The summed E-state index contributed by atoms with van der Waals surface area (Å²) >= 11 is 6.03. The lowest BCUT2D eigenvalue weighted by molar-refractivity contribution is -0.140. The molecule has 0 bridgehead atoms. The average molecular weight is 612 g/mol. The minimum Gasteiger partial charge on any atom is -0.497 e. The molecule has 1 N–H and O–H groups in total. The van der Waals surface area contributed by atoms with Crippen LogP contribution >= 0.6 is 11.6 Å². The number of ether oxygens (including phenoxy) is 1. The molecule has 10 heteroatoms. The fourth-order valence-electron chi connectivity index (χ4n) is 5.23. The summed E-state index contributed by atoms with van der Waals surface area (Å²) in [5.41, 5.74) is 2.05. The second-order valence-electron chi connectivity index (χ2n) is 10.6. The van der Waals surface area contributed by atoms with Crippen LogP contribution in [0.1, 0.15) is 50.2 Å². The Hall–Kier alpha value is -3.56. The molecule has 224 valence electrons. The van der Waals surface area contributed by atoms with Crippen molar-refractivity contribution in [3.05, 3.63) is 88.9 Å². The van der Waals surface area contributed by atoms with Crippen LogP contribution in [0.2, 0.25) is 5.02 Å². The Kier molecular flexibility index (Phi) is 10.5. The molecule has 2 amide bonds. The first-order valence-electron chi connectivity index (χ1n) is 14.2. The van der Waals surface area contributed by atoms with Crippen molar-refractivity contribution in [1.82, 2.24) is 10.2 Å². The minimum absolute atomic E-state index is 0.00522. The van der Waals surface area contributed by atoms with Crippen LogP contribution in [0.15, 0.2) is 77.7 Å². The SMILES string of the molecule is CCC(C(=O)NC1CCCC1)N(Cc1cccc(OC)c1)C(=O)CN(c1ccc(C)cc1)S(=O)(=O)c1ccc(Cl)cc1. The van der Waals surface area contributed by atoms with Crippen molar-refractivity contribution in [2.75, 3.05) is 18.0 Å². The summed E-state index contributed by atoms with van der Waals surface area (Å²) in [5, 5.41) is 3.52.